The fourth-order valence-corrected chi connectivity index (χ4v) is 4.58. The van der Waals surface area contributed by atoms with Gasteiger partial charge in [-0.3, -0.25) is 9.69 Å². The maximum atomic E-state index is 12.5. The Morgan fingerprint density at radius 3 is 2.57 bits per heavy atom. The van der Waals surface area contributed by atoms with E-state index in [1.54, 1.807) is 14.2 Å². The lowest BCUT2D eigenvalue weighted by Gasteiger charge is -2.31. The van der Waals surface area contributed by atoms with Crippen LogP contribution in [0.3, 0.4) is 0 Å². The van der Waals surface area contributed by atoms with Crippen molar-refractivity contribution in [3.05, 3.63) is 45.6 Å². The number of hydrogen-bond donors (Lipinski definition) is 1. The average molecular weight is 403 g/mol. The number of thiophene rings is 1. The maximum absolute atomic E-state index is 12.5. The van der Waals surface area contributed by atoms with Crippen LogP contribution < -0.4 is 14.8 Å². The van der Waals surface area contributed by atoms with Crippen LogP contribution in [0, 0.1) is 12.8 Å². The van der Waals surface area contributed by atoms with Crippen molar-refractivity contribution in [2.75, 3.05) is 33.9 Å². The first kappa shape index (κ1) is 20.7. The van der Waals surface area contributed by atoms with Crippen molar-refractivity contribution in [3.8, 4) is 11.5 Å². The predicted molar refractivity (Wildman–Crippen MR) is 113 cm³/mol. The van der Waals surface area contributed by atoms with Crippen LogP contribution in [0.2, 0.25) is 0 Å². The molecule has 28 heavy (non-hydrogen) atoms. The molecule has 1 amide bonds. The van der Waals surface area contributed by atoms with Gasteiger partial charge in [0.15, 0.2) is 11.5 Å². The van der Waals surface area contributed by atoms with Crippen molar-refractivity contribution in [1.29, 1.82) is 0 Å². The number of piperidine rings is 1. The van der Waals surface area contributed by atoms with Gasteiger partial charge in [0.05, 0.1) is 14.2 Å². The first-order valence-electron chi connectivity index (χ1n) is 9.84. The molecule has 2 aromatic rings. The lowest BCUT2D eigenvalue weighted by Crippen LogP contribution is -2.40. The second-order valence-electron chi connectivity index (χ2n) is 7.31. The zero-order valence-electron chi connectivity index (χ0n) is 17.0. The third-order valence-corrected chi connectivity index (χ3v) is 6.46. The molecule has 1 N–H and O–H groups in total. The standard InChI is InChI=1S/C22H30N2O3S/c1-16-9-13-28-21(16)15-24-11-7-18(8-12-24)22(25)23-10-6-17-4-5-19(26-2)20(14-17)27-3/h4-5,9,13-14,18H,6-8,10-12,15H2,1-3H3,(H,23,25). The number of nitrogens with zero attached hydrogens (tertiary/aromatic N) is 1. The number of hydrogen-bond acceptors (Lipinski definition) is 5. The summed E-state index contributed by atoms with van der Waals surface area (Å²) in [6.07, 6.45) is 2.65. The van der Waals surface area contributed by atoms with Crippen LogP contribution >= 0.6 is 11.3 Å². The summed E-state index contributed by atoms with van der Waals surface area (Å²) in [5.41, 5.74) is 2.50. The lowest BCUT2D eigenvalue weighted by molar-refractivity contribution is -0.126. The third-order valence-electron chi connectivity index (χ3n) is 5.45. The van der Waals surface area contributed by atoms with Crippen molar-refractivity contribution < 1.29 is 14.3 Å². The van der Waals surface area contributed by atoms with Crippen molar-refractivity contribution in [2.24, 2.45) is 5.92 Å². The molecule has 1 aliphatic rings. The van der Waals surface area contributed by atoms with Gasteiger partial charge in [0.2, 0.25) is 5.91 Å². The van der Waals surface area contributed by atoms with Gasteiger partial charge in [0, 0.05) is 23.9 Å². The number of benzene rings is 1. The van der Waals surface area contributed by atoms with Crippen LogP contribution in [-0.2, 0) is 17.8 Å². The summed E-state index contributed by atoms with van der Waals surface area (Å²) < 4.78 is 10.6. The van der Waals surface area contributed by atoms with Gasteiger partial charge < -0.3 is 14.8 Å². The van der Waals surface area contributed by atoms with E-state index >= 15 is 0 Å². The number of carbonyl (C=O) groups is 1. The van der Waals surface area contributed by atoms with Crippen LogP contribution in [0.4, 0.5) is 0 Å². The number of rotatable bonds is 8. The molecule has 0 spiro atoms. The third kappa shape index (κ3) is 5.26. The van der Waals surface area contributed by atoms with Gasteiger partial charge in [-0.25, -0.2) is 0 Å². The molecule has 1 aliphatic heterocycles. The summed E-state index contributed by atoms with van der Waals surface area (Å²) in [6.45, 7) is 5.81. The average Bonchev–Trinajstić information content (AvgIpc) is 3.12. The number of nitrogens with one attached hydrogen (secondary N) is 1. The molecule has 152 valence electrons. The minimum absolute atomic E-state index is 0.131. The minimum Gasteiger partial charge on any atom is -0.493 e. The number of aryl methyl sites for hydroxylation is 1. The molecule has 0 saturated carbocycles. The molecule has 0 radical (unpaired) electrons. The number of methoxy groups -OCH3 is 2. The van der Waals surface area contributed by atoms with Gasteiger partial charge in [0.1, 0.15) is 0 Å². The van der Waals surface area contributed by atoms with Crippen molar-refractivity contribution >= 4 is 17.2 Å². The molecule has 0 atom stereocenters. The molecule has 2 heterocycles. The van der Waals surface area contributed by atoms with E-state index in [1.165, 1.54) is 10.4 Å². The SMILES string of the molecule is COc1ccc(CCNC(=O)C2CCN(Cc3sccc3C)CC2)cc1OC. The fourth-order valence-electron chi connectivity index (χ4n) is 3.63. The Kier molecular flexibility index (Phi) is 7.34. The predicted octanol–water partition coefficient (Wildman–Crippen LogP) is 3.64. The fraction of sp³-hybridized carbons (Fsp3) is 0.500. The number of carbonyl (C=O) groups excluding carboxylic acids is 1. The summed E-state index contributed by atoms with van der Waals surface area (Å²) in [5.74, 6) is 1.76. The highest BCUT2D eigenvalue weighted by atomic mass is 32.1. The van der Waals surface area contributed by atoms with Gasteiger partial charge in [-0.1, -0.05) is 6.07 Å². The molecule has 0 bridgehead atoms. The highest BCUT2D eigenvalue weighted by molar-refractivity contribution is 7.10. The summed E-state index contributed by atoms with van der Waals surface area (Å²) in [7, 11) is 3.26. The van der Waals surface area contributed by atoms with Gasteiger partial charge in [0.25, 0.3) is 0 Å². The zero-order chi connectivity index (χ0) is 19.9. The molecule has 1 saturated heterocycles. The van der Waals surface area contributed by atoms with Crippen LogP contribution in [-0.4, -0.2) is 44.7 Å². The molecule has 0 unspecified atom stereocenters. The quantitative estimate of drug-likeness (QED) is 0.732. The number of ether oxygens (including phenoxy) is 2. The lowest BCUT2D eigenvalue weighted by atomic mass is 9.95. The van der Waals surface area contributed by atoms with E-state index in [1.807, 2.05) is 29.5 Å². The Bertz CT molecular complexity index is 782. The van der Waals surface area contributed by atoms with Crippen LogP contribution in [0.1, 0.15) is 28.8 Å². The molecule has 0 aliphatic carbocycles. The van der Waals surface area contributed by atoms with Crippen molar-refractivity contribution in [2.45, 2.75) is 32.7 Å². The summed E-state index contributed by atoms with van der Waals surface area (Å²) in [4.78, 5) is 16.4. The monoisotopic (exact) mass is 402 g/mol. The number of amides is 1. The van der Waals surface area contributed by atoms with Crippen LogP contribution in [0.25, 0.3) is 0 Å². The topological polar surface area (TPSA) is 50.8 Å². The molecule has 1 fully saturated rings. The van der Waals surface area contributed by atoms with E-state index in [4.69, 9.17) is 9.47 Å². The van der Waals surface area contributed by atoms with Gasteiger partial charge in [-0.05, 0) is 74.0 Å². The molecular weight excluding hydrogens is 372 g/mol. The van der Waals surface area contributed by atoms with E-state index in [9.17, 15) is 4.79 Å². The van der Waals surface area contributed by atoms with Crippen molar-refractivity contribution in [3.63, 3.8) is 0 Å². The van der Waals surface area contributed by atoms with Crippen LogP contribution in [0.5, 0.6) is 11.5 Å². The summed E-state index contributed by atoms with van der Waals surface area (Å²) >= 11 is 1.83. The minimum atomic E-state index is 0.131. The molecule has 5 nitrogen and oxygen atoms in total. The molecular formula is C22H30N2O3S. The first-order valence-corrected chi connectivity index (χ1v) is 10.7. The Balaban J connectivity index is 1.40. The van der Waals surface area contributed by atoms with E-state index in [2.05, 4.69) is 28.6 Å². The van der Waals surface area contributed by atoms with E-state index in [-0.39, 0.29) is 11.8 Å². The second-order valence-corrected chi connectivity index (χ2v) is 8.31. The highest BCUT2D eigenvalue weighted by Gasteiger charge is 2.25. The van der Waals surface area contributed by atoms with E-state index < -0.39 is 0 Å². The largest absolute Gasteiger partial charge is 0.493 e. The van der Waals surface area contributed by atoms with Gasteiger partial charge in [-0.2, -0.15) is 0 Å². The van der Waals surface area contributed by atoms with E-state index in [0.29, 0.717) is 6.54 Å². The summed E-state index contributed by atoms with van der Waals surface area (Å²) in [6, 6.07) is 8.06. The smallest absolute Gasteiger partial charge is 0.223 e. The van der Waals surface area contributed by atoms with Gasteiger partial charge >= 0.3 is 0 Å². The van der Waals surface area contributed by atoms with Crippen LogP contribution in [0.15, 0.2) is 29.6 Å². The second kappa shape index (κ2) is 9.94. The maximum Gasteiger partial charge on any atom is 0.223 e. The molecule has 1 aromatic heterocycles. The molecule has 6 heteroatoms. The van der Waals surface area contributed by atoms with Gasteiger partial charge in [-0.15, -0.1) is 11.3 Å². The van der Waals surface area contributed by atoms with Crippen molar-refractivity contribution in [1.82, 2.24) is 10.2 Å². The Labute approximate surface area is 171 Å². The number of likely N-dealkylation sites (tertiary alicyclic amines) is 1. The Morgan fingerprint density at radius 2 is 1.93 bits per heavy atom. The zero-order valence-corrected chi connectivity index (χ0v) is 17.8. The highest BCUT2D eigenvalue weighted by Crippen LogP contribution is 2.27. The molecule has 1 aromatic carbocycles. The first-order chi connectivity index (χ1) is 13.6. The normalized spacial score (nSPS) is 15.4. The van der Waals surface area contributed by atoms with E-state index in [0.717, 1.165) is 56.0 Å². The summed E-state index contributed by atoms with van der Waals surface area (Å²) in [5, 5.41) is 5.27. The Morgan fingerprint density at radius 1 is 1.18 bits per heavy atom. The molecule has 3 rings (SSSR count). The Hall–Kier alpha value is -2.05.